The zero-order valence-electron chi connectivity index (χ0n) is 11.0. The van der Waals surface area contributed by atoms with Gasteiger partial charge in [-0.15, -0.1) is 0 Å². The monoisotopic (exact) mass is 235 g/mol. The molecule has 3 nitrogen and oxygen atoms in total. The summed E-state index contributed by atoms with van der Waals surface area (Å²) in [6, 6.07) is 6.10. The molecule has 0 bridgehead atoms. The summed E-state index contributed by atoms with van der Waals surface area (Å²) in [5.74, 6) is 1.09. The Kier molecular flexibility index (Phi) is 4.55. The quantitative estimate of drug-likeness (QED) is 0.853. The van der Waals surface area contributed by atoms with Crippen LogP contribution in [0, 0.1) is 0 Å². The van der Waals surface area contributed by atoms with Gasteiger partial charge in [0.2, 0.25) is 0 Å². The number of carbonyl (C=O) groups excluding carboxylic acids is 1. The van der Waals surface area contributed by atoms with Crippen LogP contribution in [0.25, 0.3) is 0 Å². The van der Waals surface area contributed by atoms with Crippen LogP contribution < -0.4 is 10.5 Å². The van der Waals surface area contributed by atoms with Crippen LogP contribution in [0.4, 0.5) is 0 Å². The summed E-state index contributed by atoms with van der Waals surface area (Å²) in [5, 5.41) is 0. The molecule has 0 saturated carbocycles. The van der Waals surface area contributed by atoms with Crippen molar-refractivity contribution in [3.05, 3.63) is 29.3 Å². The predicted octanol–water partition coefficient (Wildman–Crippen LogP) is 2.80. The van der Waals surface area contributed by atoms with Gasteiger partial charge in [0, 0.05) is 0 Å². The molecular weight excluding hydrogens is 214 g/mol. The second-order valence-corrected chi connectivity index (χ2v) is 4.83. The van der Waals surface area contributed by atoms with Crippen molar-refractivity contribution in [1.82, 2.24) is 0 Å². The maximum Gasteiger partial charge on any atom is 0.255 e. The summed E-state index contributed by atoms with van der Waals surface area (Å²) in [4.78, 5) is 10.8. The van der Waals surface area contributed by atoms with Crippen molar-refractivity contribution in [2.45, 2.75) is 39.5 Å². The number of ether oxygens (including phenoxy) is 1. The Bertz CT molecular complexity index is 371. The van der Waals surface area contributed by atoms with E-state index >= 15 is 0 Å². The van der Waals surface area contributed by atoms with Gasteiger partial charge in [0.25, 0.3) is 5.91 Å². The van der Waals surface area contributed by atoms with E-state index in [1.807, 2.05) is 18.2 Å². The van der Waals surface area contributed by atoms with Gasteiger partial charge in [-0.3, -0.25) is 4.79 Å². The lowest BCUT2D eigenvalue weighted by molar-refractivity contribution is -0.119. The molecule has 0 aliphatic rings. The van der Waals surface area contributed by atoms with E-state index in [0.29, 0.717) is 11.8 Å². The van der Waals surface area contributed by atoms with Gasteiger partial charge < -0.3 is 10.5 Å². The van der Waals surface area contributed by atoms with E-state index in [2.05, 4.69) is 27.7 Å². The molecule has 0 unspecified atom stereocenters. The third-order valence-electron chi connectivity index (χ3n) is 2.68. The highest BCUT2D eigenvalue weighted by atomic mass is 16.5. The number of hydrogen-bond acceptors (Lipinski definition) is 2. The molecule has 0 spiro atoms. The number of nitrogens with two attached hydrogens (primary N) is 1. The van der Waals surface area contributed by atoms with Crippen molar-refractivity contribution in [3.63, 3.8) is 0 Å². The SMILES string of the molecule is CC(C)c1cccc(C(C)C)c1OCC(N)=O. The van der Waals surface area contributed by atoms with E-state index in [1.54, 1.807) is 0 Å². The number of carbonyl (C=O) groups is 1. The fourth-order valence-corrected chi connectivity index (χ4v) is 1.79. The van der Waals surface area contributed by atoms with Gasteiger partial charge >= 0.3 is 0 Å². The fraction of sp³-hybridized carbons (Fsp3) is 0.500. The summed E-state index contributed by atoms with van der Waals surface area (Å²) in [6.45, 7) is 8.36. The van der Waals surface area contributed by atoms with Crippen molar-refractivity contribution < 1.29 is 9.53 Å². The summed E-state index contributed by atoms with van der Waals surface area (Å²) < 4.78 is 5.58. The third-order valence-corrected chi connectivity index (χ3v) is 2.68. The molecular formula is C14H21NO2. The molecule has 0 fully saturated rings. The van der Waals surface area contributed by atoms with Crippen molar-refractivity contribution in [1.29, 1.82) is 0 Å². The predicted molar refractivity (Wildman–Crippen MR) is 69.3 cm³/mol. The van der Waals surface area contributed by atoms with Crippen LogP contribution in [0.3, 0.4) is 0 Å². The second-order valence-electron chi connectivity index (χ2n) is 4.83. The molecule has 0 heterocycles. The Morgan fingerprint density at radius 2 is 1.65 bits per heavy atom. The van der Waals surface area contributed by atoms with Crippen LogP contribution in [0.2, 0.25) is 0 Å². The zero-order chi connectivity index (χ0) is 13.0. The first-order chi connectivity index (χ1) is 7.93. The van der Waals surface area contributed by atoms with E-state index in [4.69, 9.17) is 10.5 Å². The number of para-hydroxylation sites is 1. The highest BCUT2D eigenvalue weighted by molar-refractivity contribution is 5.75. The molecule has 3 heteroatoms. The Balaban J connectivity index is 3.14. The molecule has 0 radical (unpaired) electrons. The maximum atomic E-state index is 10.8. The molecule has 17 heavy (non-hydrogen) atoms. The molecule has 0 saturated heterocycles. The number of primary amides is 1. The molecule has 1 aromatic rings. The van der Waals surface area contributed by atoms with Gasteiger partial charge in [-0.25, -0.2) is 0 Å². The van der Waals surface area contributed by atoms with Crippen LogP contribution >= 0.6 is 0 Å². The molecule has 0 aromatic heterocycles. The largest absolute Gasteiger partial charge is 0.483 e. The van der Waals surface area contributed by atoms with Crippen molar-refractivity contribution in [2.24, 2.45) is 5.73 Å². The van der Waals surface area contributed by atoms with E-state index in [0.717, 1.165) is 16.9 Å². The van der Waals surface area contributed by atoms with Crippen LogP contribution in [-0.2, 0) is 4.79 Å². The van der Waals surface area contributed by atoms with Gasteiger partial charge in [-0.2, -0.15) is 0 Å². The van der Waals surface area contributed by atoms with Gasteiger partial charge in [0.05, 0.1) is 0 Å². The average molecular weight is 235 g/mol. The molecule has 1 aromatic carbocycles. The first-order valence-corrected chi connectivity index (χ1v) is 5.97. The smallest absolute Gasteiger partial charge is 0.255 e. The van der Waals surface area contributed by atoms with Gasteiger partial charge in [0.15, 0.2) is 6.61 Å². The zero-order valence-corrected chi connectivity index (χ0v) is 11.0. The van der Waals surface area contributed by atoms with Crippen molar-refractivity contribution >= 4 is 5.91 Å². The van der Waals surface area contributed by atoms with Gasteiger partial charge in [-0.05, 0) is 23.0 Å². The van der Waals surface area contributed by atoms with E-state index in [9.17, 15) is 4.79 Å². The molecule has 1 amide bonds. The first-order valence-electron chi connectivity index (χ1n) is 5.97. The van der Waals surface area contributed by atoms with Gasteiger partial charge in [-0.1, -0.05) is 45.9 Å². The number of benzene rings is 1. The summed E-state index contributed by atoms with van der Waals surface area (Å²) in [6.07, 6.45) is 0. The lowest BCUT2D eigenvalue weighted by Crippen LogP contribution is -2.21. The minimum Gasteiger partial charge on any atom is -0.483 e. The van der Waals surface area contributed by atoms with E-state index < -0.39 is 5.91 Å². The average Bonchev–Trinajstić information content (AvgIpc) is 2.25. The first kappa shape index (κ1) is 13.6. The molecule has 0 aliphatic heterocycles. The Hall–Kier alpha value is -1.51. The topological polar surface area (TPSA) is 52.3 Å². The summed E-state index contributed by atoms with van der Waals surface area (Å²) in [7, 11) is 0. The highest BCUT2D eigenvalue weighted by Gasteiger charge is 2.15. The van der Waals surface area contributed by atoms with Crippen LogP contribution in [0.5, 0.6) is 5.75 Å². The molecule has 94 valence electrons. The fourth-order valence-electron chi connectivity index (χ4n) is 1.79. The number of amides is 1. The van der Waals surface area contributed by atoms with E-state index in [-0.39, 0.29) is 6.61 Å². The lowest BCUT2D eigenvalue weighted by atomic mass is 9.94. The van der Waals surface area contributed by atoms with Gasteiger partial charge in [0.1, 0.15) is 5.75 Å². The van der Waals surface area contributed by atoms with Crippen LogP contribution in [0.15, 0.2) is 18.2 Å². The van der Waals surface area contributed by atoms with Crippen LogP contribution in [-0.4, -0.2) is 12.5 Å². The van der Waals surface area contributed by atoms with E-state index in [1.165, 1.54) is 0 Å². The van der Waals surface area contributed by atoms with Crippen molar-refractivity contribution in [3.8, 4) is 5.75 Å². The Labute approximate surface area is 103 Å². The summed E-state index contributed by atoms with van der Waals surface area (Å²) >= 11 is 0. The minimum absolute atomic E-state index is 0.0660. The lowest BCUT2D eigenvalue weighted by Gasteiger charge is -2.19. The maximum absolute atomic E-state index is 10.8. The highest BCUT2D eigenvalue weighted by Crippen LogP contribution is 2.34. The second kappa shape index (κ2) is 5.71. The molecule has 0 aliphatic carbocycles. The number of rotatable bonds is 5. The van der Waals surface area contributed by atoms with Crippen molar-refractivity contribution in [2.75, 3.05) is 6.61 Å². The molecule has 2 N–H and O–H groups in total. The Morgan fingerprint density at radius 1 is 1.18 bits per heavy atom. The molecule has 1 rings (SSSR count). The number of hydrogen-bond donors (Lipinski definition) is 1. The molecule has 0 atom stereocenters. The minimum atomic E-state index is -0.446. The van der Waals surface area contributed by atoms with Crippen LogP contribution in [0.1, 0.15) is 50.7 Å². The summed E-state index contributed by atoms with van der Waals surface area (Å²) in [5.41, 5.74) is 7.37. The third kappa shape index (κ3) is 3.48. The normalized spacial score (nSPS) is 10.9. The standard InChI is InChI=1S/C14H21NO2/c1-9(2)11-6-5-7-12(10(3)4)14(11)17-8-13(15)16/h5-7,9-10H,8H2,1-4H3,(H2,15,16). The Morgan fingerprint density at radius 3 is 2.00 bits per heavy atom.